The highest BCUT2D eigenvalue weighted by Crippen LogP contribution is 2.17. The van der Waals surface area contributed by atoms with Gasteiger partial charge in [-0.2, -0.15) is 5.10 Å². The van der Waals surface area contributed by atoms with Gasteiger partial charge in [0.2, 0.25) is 0 Å². The molecule has 2 rings (SSSR count). The van der Waals surface area contributed by atoms with Crippen molar-refractivity contribution in [3.05, 3.63) is 35.4 Å². The van der Waals surface area contributed by atoms with Gasteiger partial charge < -0.3 is 11.1 Å². The zero-order valence-electron chi connectivity index (χ0n) is 9.72. The van der Waals surface area contributed by atoms with Gasteiger partial charge in [0.05, 0.1) is 29.3 Å². The molecule has 94 valence electrons. The summed E-state index contributed by atoms with van der Waals surface area (Å²) in [6, 6.07) is 1.48. The normalized spacial score (nSPS) is 10.3. The quantitative estimate of drug-likeness (QED) is 0.829. The molecule has 0 aliphatic heterocycles. The van der Waals surface area contributed by atoms with Crippen LogP contribution in [0.15, 0.2) is 24.7 Å². The maximum atomic E-state index is 12.0. The van der Waals surface area contributed by atoms with Crippen LogP contribution in [0, 0.1) is 0 Å². The summed E-state index contributed by atoms with van der Waals surface area (Å²) < 4.78 is 1.70. The second-order valence-corrected chi connectivity index (χ2v) is 4.00. The molecule has 18 heavy (non-hydrogen) atoms. The topological polar surface area (TPSA) is 85.8 Å². The Morgan fingerprint density at radius 2 is 2.33 bits per heavy atom. The molecular formula is C11H12ClN5O. The average Bonchev–Trinajstić information content (AvgIpc) is 2.80. The fourth-order valence-corrected chi connectivity index (χ4v) is 1.61. The number of pyridine rings is 1. The van der Waals surface area contributed by atoms with Crippen LogP contribution in [0.4, 0.5) is 11.4 Å². The summed E-state index contributed by atoms with van der Waals surface area (Å²) in [5.41, 5.74) is 6.78. The SMILES string of the molecule is CCn1cc(NC(=O)c2cc(N)cnc2Cl)cn1. The number of hydrogen-bond acceptors (Lipinski definition) is 4. The maximum absolute atomic E-state index is 12.0. The number of nitrogen functional groups attached to an aromatic ring is 1. The average molecular weight is 266 g/mol. The van der Waals surface area contributed by atoms with Crippen LogP contribution in [0.2, 0.25) is 5.15 Å². The second kappa shape index (κ2) is 5.05. The van der Waals surface area contributed by atoms with Gasteiger partial charge in [-0.3, -0.25) is 9.48 Å². The molecule has 6 nitrogen and oxygen atoms in total. The number of aromatic nitrogens is 3. The Hall–Kier alpha value is -2.08. The van der Waals surface area contributed by atoms with E-state index >= 15 is 0 Å². The highest BCUT2D eigenvalue weighted by Gasteiger charge is 2.12. The first-order valence-electron chi connectivity index (χ1n) is 5.35. The maximum Gasteiger partial charge on any atom is 0.258 e. The van der Waals surface area contributed by atoms with Crippen LogP contribution in [0.1, 0.15) is 17.3 Å². The van der Waals surface area contributed by atoms with E-state index in [1.807, 2.05) is 6.92 Å². The molecule has 2 aromatic rings. The summed E-state index contributed by atoms with van der Waals surface area (Å²) in [6.45, 7) is 2.69. The van der Waals surface area contributed by atoms with Crippen LogP contribution < -0.4 is 11.1 Å². The zero-order chi connectivity index (χ0) is 13.1. The van der Waals surface area contributed by atoms with Gasteiger partial charge in [0.25, 0.3) is 5.91 Å². The Morgan fingerprint density at radius 1 is 1.56 bits per heavy atom. The van der Waals surface area contributed by atoms with E-state index in [2.05, 4.69) is 15.4 Å². The van der Waals surface area contributed by atoms with E-state index in [4.69, 9.17) is 17.3 Å². The Bertz CT molecular complexity index is 581. The number of aryl methyl sites for hydroxylation is 1. The Balaban J connectivity index is 2.19. The van der Waals surface area contributed by atoms with Crippen LogP contribution in [-0.4, -0.2) is 20.7 Å². The number of rotatable bonds is 3. The van der Waals surface area contributed by atoms with E-state index < -0.39 is 0 Å². The third-order valence-corrected chi connectivity index (χ3v) is 2.62. The van der Waals surface area contributed by atoms with Crippen molar-refractivity contribution in [3.8, 4) is 0 Å². The number of nitrogens with zero attached hydrogens (tertiary/aromatic N) is 3. The molecule has 0 aliphatic carbocycles. The Labute approximate surface area is 109 Å². The van der Waals surface area contributed by atoms with Gasteiger partial charge in [0.1, 0.15) is 5.15 Å². The van der Waals surface area contributed by atoms with Crippen molar-refractivity contribution >= 4 is 28.9 Å². The van der Waals surface area contributed by atoms with Gasteiger partial charge >= 0.3 is 0 Å². The summed E-state index contributed by atoms with van der Waals surface area (Å²) in [5.74, 6) is -0.365. The smallest absolute Gasteiger partial charge is 0.258 e. The highest BCUT2D eigenvalue weighted by atomic mass is 35.5. The van der Waals surface area contributed by atoms with Crippen LogP contribution in [0.25, 0.3) is 0 Å². The lowest BCUT2D eigenvalue weighted by Gasteiger charge is -2.04. The van der Waals surface area contributed by atoms with Crippen molar-refractivity contribution in [3.63, 3.8) is 0 Å². The van der Waals surface area contributed by atoms with E-state index in [1.54, 1.807) is 17.1 Å². The van der Waals surface area contributed by atoms with Crippen molar-refractivity contribution in [2.45, 2.75) is 13.5 Å². The van der Waals surface area contributed by atoms with Gasteiger partial charge in [-0.1, -0.05) is 11.6 Å². The molecule has 0 unspecified atom stereocenters. The molecule has 2 aromatic heterocycles. The van der Waals surface area contributed by atoms with Gasteiger partial charge in [-0.05, 0) is 13.0 Å². The molecular weight excluding hydrogens is 254 g/mol. The van der Waals surface area contributed by atoms with Gasteiger partial charge in [-0.15, -0.1) is 0 Å². The van der Waals surface area contributed by atoms with Crippen LogP contribution in [-0.2, 0) is 6.54 Å². The molecule has 0 bridgehead atoms. The predicted molar refractivity (Wildman–Crippen MR) is 69.5 cm³/mol. The number of hydrogen-bond donors (Lipinski definition) is 2. The monoisotopic (exact) mass is 265 g/mol. The Morgan fingerprint density at radius 3 is 3.00 bits per heavy atom. The molecule has 0 fully saturated rings. The minimum Gasteiger partial charge on any atom is -0.397 e. The minimum atomic E-state index is -0.365. The van der Waals surface area contributed by atoms with Crippen molar-refractivity contribution in [1.82, 2.24) is 14.8 Å². The van der Waals surface area contributed by atoms with E-state index in [9.17, 15) is 4.79 Å². The first-order chi connectivity index (χ1) is 8.60. The molecule has 0 atom stereocenters. The van der Waals surface area contributed by atoms with E-state index in [0.717, 1.165) is 6.54 Å². The number of amides is 1. The number of carbonyl (C=O) groups is 1. The number of anilines is 2. The fourth-order valence-electron chi connectivity index (χ4n) is 1.42. The molecule has 0 saturated carbocycles. The molecule has 2 heterocycles. The first kappa shape index (κ1) is 12.4. The minimum absolute atomic E-state index is 0.115. The lowest BCUT2D eigenvalue weighted by atomic mass is 10.2. The van der Waals surface area contributed by atoms with Crippen LogP contribution in [0.5, 0.6) is 0 Å². The zero-order valence-corrected chi connectivity index (χ0v) is 10.5. The number of halogens is 1. The molecule has 0 aromatic carbocycles. The standard InChI is InChI=1S/C11H12ClN5O/c1-2-17-6-8(5-15-17)16-11(18)9-3-7(13)4-14-10(9)12/h3-6H,2,13H2,1H3,(H,16,18). The summed E-state index contributed by atoms with van der Waals surface area (Å²) >= 11 is 5.84. The largest absolute Gasteiger partial charge is 0.397 e. The first-order valence-corrected chi connectivity index (χ1v) is 5.72. The van der Waals surface area contributed by atoms with Gasteiger partial charge in [0, 0.05) is 12.7 Å². The molecule has 7 heteroatoms. The van der Waals surface area contributed by atoms with E-state index in [0.29, 0.717) is 11.4 Å². The number of carbonyl (C=O) groups excluding carboxylic acids is 1. The van der Waals surface area contributed by atoms with Crippen molar-refractivity contribution in [2.24, 2.45) is 0 Å². The van der Waals surface area contributed by atoms with E-state index in [-0.39, 0.29) is 16.6 Å². The molecule has 1 amide bonds. The van der Waals surface area contributed by atoms with Crippen molar-refractivity contribution in [2.75, 3.05) is 11.1 Å². The third-order valence-electron chi connectivity index (χ3n) is 2.32. The number of nitrogens with one attached hydrogen (secondary N) is 1. The van der Waals surface area contributed by atoms with E-state index in [1.165, 1.54) is 12.3 Å². The van der Waals surface area contributed by atoms with Gasteiger partial charge in [-0.25, -0.2) is 4.98 Å². The lowest BCUT2D eigenvalue weighted by Crippen LogP contribution is -2.13. The summed E-state index contributed by atoms with van der Waals surface area (Å²) in [4.78, 5) is 15.8. The summed E-state index contributed by atoms with van der Waals surface area (Å²) in [6.07, 6.45) is 4.69. The number of nitrogens with two attached hydrogens (primary N) is 1. The molecule has 0 spiro atoms. The predicted octanol–water partition coefficient (Wildman–Crippen LogP) is 1.79. The fraction of sp³-hybridized carbons (Fsp3) is 0.182. The third kappa shape index (κ3) is 2.60. The van der Waals surface area contributed by atoms with Crippen LogP contribution >= 0.6 is 11.6 Å². The van der Waals surface area contributed by atoms with Crippen molar-refractivity contribution < 1.29 is 4.79 Å². The second-order valence-electron chi connectivity index (χ2n) is 3.65. The molecule has 0 aliphatic rings. The van der Waals surface area contributed by atoms with Crippen LogP contribution in [0.3, 0.4) is 0 Å². The molecule has 0 saturated heterocycles. The highest BCUT2D eigenvalue weighted by molar-refractivity contribution is 6.33. The summed E-state index contributed by atoms with van der Waals surface area (Å²) in [5, 5.41) is 6.84. The molecule has 0 radical (unpaired) electrons. The summed E-state index contributed by atoms with van der Waals surface area (Å²) in [7, 11) is 0. The molecule has 3 N–H and O–H groups in total. The van der Waals surface area contributed by atoms with Gasteiger partial charge in [0.15, 0.2) is 0 Å². The Kier molecular flexibility index (Phi) is 3.47. The lowest BCUT2D eigenvalue weighted by molar-refractivity contribution is 0.102. The van der Waals surface area contributed by atoms with Crippen molar-refractivity contribution in [1.29, 1.82) is 0 Å².